The lowest BCUT2D eigenvalue weighted by Crippen LogP contribution is -2.72. The number of hydrogen-bond acceptors (Lipinski definition) is 5. The van der Waals surface area contributed by atoms with Gasteiger partial charge >= 0.3 is 14.8 Å². The van der Waals surface area contributed by atoms with Crippen molar-refractivity contribution in [2.75, 3.05) is 27.9 Å². The summed E-state index contributed by atoms with van der Waals surface area (Å²) in [6.45, 7) is 0.636. The Balaban J connectivity index is 3.10. The maximum atomic E-state index is 11.4. The van der Waals surface area contributed by atoms with Crippen LogP contribution >= 0.6 is 0 Å². The number of carbonyl (C=O) groups is 1. The first kappa shape index (κ1) is 12.6. The van der Waals surface area contributed by atoms with E-state index >= 15 is 0 Å². The minimum absolute atomic E-state index is 0.462. The average Bonchev–Trinajstić information content (AvgIpc) is 2.72. The molecule has 2 N–H and O–H groups in total. The van der Waals surface area contributed by atoms with Crippen LogP contribution in [0.15, 0.2) is 0 Å². The predicted octanol–water partition coefficient (Wildman–Crippen LogP) is -0.389. The molecule has 0 unspecified atom stereocenters. The third kappa shape index (κ3) is 1.70. The van der Waals surface area contributed by atoms with Crippen LogP contribution in [0.1, 0.15) is 12.8 Å². The molecule has 1 rings (SSSR count). The molecule has 0 aromatic heterocycles. The Labute approximate surface area is 89.9 Å². The van der Waals surface area contributed by atoms with E-state index < -0.39 is 19.9 Å². The van der Waals surface area contributed by atoms with Gasteiger partial charge < -0.3 is 18.4 Å². The lowest BCUT2D eigenvalue weighted by molar-refractivity contribution is -0.143. The van der Waals surface area contributed by atoms with Gasteiger partial charge in [0.1, 0.15) is 0 Å². The minimum Gasteiger partial charge on any atom is -0.480 e. The maximum Gasteiger partial charge on any atom is 0.533 e. The van der Waals surface area contributed by atoms with E-state index in [4.69, 9.17) is 13.3 Å². The molecule has 1 aliphatic heterocycles. The minimum atomic E-state index is -3.21. The highest BCUT2D eigenvalue weighted by atomic mass is 28.4. The van der Waals surface area contributed by atoms with Crippen molar-refractivity contribution in [1.82, 2.24) is 5.32 Å². The van der Waals surface area contributed by atoms with Crippen molar-refractivity contribution in [1.29, 1.82) is 0 Å². The Morgan fingerprint density at radius 2 is 1.87 bits per heavy atom. The lowest BCUT2D eigenvalue weighted by Gasteiger charge is -2.37. The van der Waals surface area contributed by atoms with Gasteiger partial charge in [0, 0.05) is 21.3 Å². The molecule has 0 aromatic carbocycles. The van der Waals surface area contributed by atoms with Crippen LogP contribution in [-0.2, 0) is 18.1 Å². The Kier molecular flexibility index (Phi) is 3.85. The Bertz CT molecular complexity index is 229. The molecule has 1 aliphatic rings. The first-order valence-corrected chi connectivity index (χ1v) is 6.45. The third-order valence-corrected chi connectivity index (χ3v) is 6.15. The molecule has 15 heavy (non-hydrogen) atoms. The van der Waals surface area contributed by atoms with Crippen molar-refractivity contribution < 1.29 is 23.2 Å². The molecule has 1 saturated heterocycles. The molecule has 88 valence electrons. The van der Waals surface area contributed by atoms with Gasteiger partial charge in [0.15, 0.2) is 5.16 Å². The second kappa shape index (κ2) is 4.58. The summed E-state index contributed by atoms with van der Waals surface area (Å²) >= 11 is 0. The molecule has 0 amide bonds. The Morgan fingerprint density at radius 3 is 2.13 bits per heavy atom. The molecule has 0 spiro atoms. The van der Waals surface area contributed by atoms with E-state index in [2.05, 4.69) is 5.32 Å². The zero-order valence-electron chi connectivity index (χ0n) is 9.20. The van der Waals surface area contributed by atoms with Crippen LogP contribution in [0.3, 0.4) is 0 Å². The van der Waals surface area contributed by atoms with Gasteiger partial charge in [0.05, 0.1) is 0 Å². The summed E-state index contributed by atoms with van der Waals surface area (Å²) in [5.41, 5.74) is 0. The summed E-state index contributed by atoms with van der Waals surface area (Å²) in [5.74, 6) is -0.975. The standard InChI is InChI=1S/C8H17NO5Si/c1-12-15(13-2,14-3)8(7(10)11)5-4-6-9-8/h9H,4-6H2,1-3H3,(H,10,11)/t8-/m1/s1. The highest BCUT2D eigenvalue weighted by Crippen LogP contribution is 2.31. The monoisotopic (exact) mass is 235 g/mol. The second-order valence-corrected chi connectivity index (χ2v) is 6.60. The number of carboxylic acid groups (broad SMARTS) is 1. The summed E-state index contributed by atoms with van der Waals surface area (Å²) in [7, 11) is 1.05. The van der Waals surface area contributed by atoms with Crippen molar-refractivity contribution in [3.8, 4) is 0 Å². The normalized spacial score (nSPS) is 26.9. The van der Waals surface area contributed by atoms with Crippen molar-refractivity contribution in [2.45, 2.75) is 18.0 Å². The van der Waals surface area contributed by atoms with E-state index in [1.54, 1.807) is 0 Å². The summed E-state index contributed by atoms with van der Waals surface area (Å²) in [5, 5.41) is 11.1. The topological polar surface area (TPSA) is 77.0 Å². The van der Waals surface area contributed by atoms with Crippen LogP contribution in [0.2, 0.25) is 0 Å². The van der Waals surface area contributed by atoms with Crippen molar-refractivity contribution >= 4 is 14.8 Å². The predicted molar refractivity (Wildman–Crippen MR) is 54.4 cm³/mol. The van der Waals surface area contributed by atoms with Crippen molar-refractivity contribution in [3.63, 3.8) is 0 Å². The molecular weight excluding hydrogens is 218 g/mol. The zero-order chi connectivity index (χ0) is 11.5. The number of hydrogen-bond donors (Lipinski definition) is 2. The van der Waals surface area contributed by atoms with Crippen LogP contribution in [0.25, 0.3) is 0 Å². The van der Waals surface area contributed by atoms with E-state index in [0.717, 1.165) is 6.42 Å². The van der Waals surface area contributed by atoms with Gasteiger partial charge in [0.25, 0.3) is 0 Å². The smallest absolute Gasteiger partial charge is 0.480 e. The van der Waals surface area contributed by atoms with Gasteiger partial charge in [-0.2, -0.15) is 0 Å². The fraction of sp³-hybridized carbons (Fsp3) is 0.875. The quantitative estimate of drug-likeness (QED) is 0.632. The third-order valence-electron chi connectivity index (χ3n) is 2.85. The van der Waals surface area contributed by atoms with E-state index in [0.29, 0.717) is 13.0 Å². The van der Waals surface area contributed by atoms with E-state index in [1.165, 1.54) is 21.3 Å². The van der Waals surface area contributed by atoms with Gasteiger partial charge in [-0.3, -0.25) is 10.1 Å². The molecular formula is C8H17NO5Si. The fourth-order valence-corrected chi connectivity index (χ4v) is 4.72. The number of carboxylic acids is 1. The van der Waals surface area contributed by atoms with E-state index in [9.17, 15) is 9.90 Å². The first-order valence-electron chi connectivity index (χ1n) is 4.72. The number of nitrogens with one attached hydrogen (secondary N) is 1. The first-order chi connectivity index (χ1) is 7.08. The summed E-state index contributed by atoms with van der Waals surface area (Å²) in [6.07, 6.45) is 1.24. The van der Waals surface area contributed by atoms with Gasteiger partial charge in [-0.25, -0.2) is 0 Å². The molecule has 0 saturated carbocycles. The van der Waals surface area contributed by atoms with Gasteiger partial charge in [-0.05, 0) is 19.4 Å². The Morgan fingerprint density at radius 1 is 1.33 bits per heavy atom. The van der Waals surface area contributed by atoms with Crippen molar-refractivity contribution in [2.24, 2.45) is 0 Å². The molecule has 7 heteroatoms. The van der Waals surface area contributed by atoms with Crippen LogP contribution in [0, 0.1) is 0 Å². The average molecular weight is 235 g/mol. The number of aliphatic carboxylic acids is 1. The lowest BCUT2D eigenvalue weighted by atomic mass is 10.2. The molecule has 1 heterocycles. The number of rotatable bonds is 5. The second-order valence-electron chi connectivity index (χ2n) is 3.41. The van der Waals surface area contributed by atoms with Gasteiger partial charge in [-0.1, -0.05) is 0 Å². The molecule has 1 fully saturated rings. The Hall–Kier alpha value is -0.473. The zero-order valence-corrected chi connectivity index (χ0v) is 10.2. The fourth-order valence-electron chi connectivity index (χ4n) is 2.09. The van der Waals surface area contributed by atoms with Gasteiger partial charge in [-0.15, -0.1) is 0 Å². The summed E-state index contributed by atoms with van der Waals surface area (Å²) in [4.78, 5) is 11.4. The molecule has 1 atom stereocenters. The van der Waals surface area contributed by atoms with Crippen LogP contribution in [0.5, 0.6) is 0 Å². The molecule has 0 radical (unpaired) electrons. The van der Waals surface area contributed by atoms with Crippen molar-refractivity contribution in [3.05, 3.63) is 0 Å². The van der Waals surface area contributed by atoms with Gasteiger partial charge in [0.2, 0.25) is 0 Å². The SMILES string of the molecule is CO[Si](OC)(OC)[C@@]1(C(=O)O)CCCN1. The summed E-state index contributed by atoms with van der Waals surface area (Å²) in [6, 6.07) is 0. The van der Waals surface area contributed by atoms with Crippen LogP contribution in [0.4, 0.5) is 0 Å². The molecule has 0 aliphatic carbocycles. The van der Waals surface area contributed by atoms with Crippen LogP contribution < -0.4 is 5.32 Å². The molecule has 6 nitrogen and oxygen atoms in total. The highest BCUT2D eigenvalue weighted by molar-refractivity contribution is 6.68. The van der Waals surface area contributed by atoms with E-state index in [-0.39, 0.29) is 0 Å². The maximum absolute atomic E-state index is 11.4. The molecule has 0 bridgehead atoms. The molecule has 0 aromatic rings. The highest BCUT2D eigenvalue weighted by Gasteiger charge is 2.66. The largest absolute Gasteiger partial charge is 0.533 e. The summed E-state index contributed by atoms with van der Waals surface area (Å²) < 4.78 is 15.7. The van der Waals surface area contributed by atoms with E-state index in [1.807, 2.05) is 0 Å². The van der Waals surface area contributed by atoms with Crippen LogP contribution in [-0.4, -0.2) is 52.9 Å².